The molecule has 1 aromatic rings. The van der Waals surface area contributed by atoms with E-state index in [4.69, 9.17) is 11.5 Å². The fourth-order valence-corrected chi connectivity index (χ4v) is 1.25. The number of esters is 1. The Bertz CT molecular complexity index is 433. The molecular formula is C13H15NO3. The maximum Gasteiger partial charge on any atom is 0.337 e. The zero-order valence-corrected chi connectivity index (χ0v) is 9.86. The second-order valence-corrected chi connectivity index (χ2v) is 3.83. The van der Waals surface area contributed by atoms with Crippen molar-refractivity contribution in [2.75, 3.05) is 19.0 Å². The molecule has 17 heavy (non-hydrogen) atoms. The molecule has 0 aliphatic carbocycles. The molecule has 0 aromatic heterocycles. The third kappa shape index (κ3) is 3.23. The Hall–Kier alpha value is -1.99. The van der Waals surface area contributed by atoms with Crippen LogP contribution in [-0.2, 0) is 4.74 Å². The Balaban J connectivity index is 2.83. The van der Waals surface area contributed by atoms with Crippen LogP contribution in [0.2, 0.25) is 0 Å². The number of rotatable bonds is 4. The lowest BCUT2D eigenvalue weighted by atomic mass is 10.0. The van der Waals surface area contributed by atoms with E-state index in [1.54, 1.807) is 31.2 Å². The normalized spacial score (nSPS) is 13.3. The van der Waals surface area contributed by atoms with Crippen molar-refractivity contribution in [2.24, 2.45) is 0 Å². The molecule has 1 aromatic carbocycles. The van der Waals surface area contributed by atoms with E-state index < -0.39 is 11.5 Å². The number of carbonyl (C=O) groups is 1. The van der Waals surface area contributed by atoms with Crippen molar-refractivity contribution in [3.63, 3.8) is 0 Å². The molecule has 0 saturated carbocycles. The van der Waals surface area contributed by atoms with Crippen LogP contribution in [0.15, 0.2) is 24.3 Å². The van der Waals surface area contributed by atoms with Crippen molar-refractivity contribution in [3.05, 3.63) is 29.8 Å². The number of ether oxygens (including phenoxy) is 1. The number of terminal acetylenes is 1. The smallest absolute Gasteiger partial charge is 0.337 e. The van der Waals surface area contributed by atoms with Gasteiger partial charge in [-0.25, -0.2) is 4.79 Å². The van der Waals surface area contributed by atoms with Crippen LogP contribution in [0.25, 0.3) is 0 Å². The molecule has 0 spiro atoms. The molecule has 2 N–H and O–H groups in total. The Morgan fingerprint density at radius 2 is 2.12 bits per heavy atom. The molecule has 4 nitrogen and oxygen atoms in total. The molecule has 0 fully saturated rings. The van der Waals surface area contributed by atoms with Crippen LogP contribution in [0.3, 0.4) is 0 Å². The van der Waals surface area contributed by atoms with E-state index in [0.717, 1.165) is 5.69 Å². The summed E-state index contributed by atoms with van der Waals surface area (Å²) in [5.41, 5.74) is 0.379. The van der Waals surface area contributed by atoms with Gasteiger partial charge >= 0.3 is 5.97 Å². The summed E-state index contributed by atoms with van der Waals surface area (Å²) in [4.78, 5) is 11.2. The standard InChI is InChI=1S/C13H15NO3/c1-4-13(2,9-15)14-11-7-5-10(6-8-11)12(16)17-3/h1,5-8,14-15H,9H2,2-3H3/t13-/m0/s1. The average Bonchev–Trinajstić information content (AvgIpc) is 2.38. The lowest BCUT2D eigenvalue weighted by molar-refractivity contribution is 0.0601. The topological polar surface area (TPSA) is 58.6 Å². The predicted molar refractivity (Wildman–Crippen MR) is 65.7 cm³/mol. The van der Waals surface area contributed by atoms with Crippen molar-refractivity contribution < 1.29 is 14.6 Å². The zero-order chi connectivity index (χ0) is 12.9. The summed E-state index contributed by atoms with van der Waals surface area (Å²) in [5.74, 6) is 2.08. The zero-order valence-electron chi connectivity index (χ0n) is 9.86. The van der Waals surface area contributed by atoms with Gasteiger partial charge in [0.25, 0.3) is 0 Å². The molecule has 0 amide bonds. The Kier molecular flexibility index (Phi) is 4.13. The van der Waals surface area contributed by atoms with E-state index >= 15 is 0 Å². The summed E-state index contributed by atoms with van der Waals surface area (Å²) < 4.78 is 4.59. The van der Waals surface area contributed by atoms with Crippen molar-refractivity contribution in [2.45, 2.75) is 12.5 Å². The highest BCUT2D eigenvalue weighted by atomic mass is 16.5. The predicted octanol–water partition coefficient (Wildman–Crippen LogP) is 1.27. The summed E-state index contributed by atoms with van der Waals surface area (Å²) >= 11 is 0. The molecule has 0 heterocycles. The van der Waals surface area contributed by atoms with Crippen molar-refractivity contribution in [1.82, 2.24) is 0 Å². The fraction of sp³-hybridized carbons (Fsp3) is 0.308. The molecule has 0 saturated heterocycles. The first kappa shape index (κ1) is 13.1. The summed E-state index contributed by atoms with van der Waals surface area (Å²) in [6.07, 6.45) is 5.32. The van der Waals surface area contributed by atoms with Crippen molar-refractivity contribution in [3.8, 4) is 12.3 Å². The number of hydrogen-bond donors (Lipinski definition) is 2. The van der Waals surface area contributed by atoms with Crippen LogP contribution in [0, 0.1) is 12.3 Å². The number of nitrogens with one attached hydrogen (secondary N) is 1. The molecule has 1 rings (SSSR count). The largest absolute Gasteiger partial charge is 0.465 e. The number of carbonyl (C=O) groups excluding carboxylic acids is 1. The van der Waals surface area contributed by atoms with Crippen LogP contribution in [0.1, 0.15) is 17.3 Å². The maximum atomic E-state index is 11.2. The second-order valence-electron chi connectivity index (χ2n) is 3.83. The van der Waals surface area contributed by atoms with Crippen LogP contribution in [0.5, 0.6) is 0 Å². The quantitative estimate of drug-likeness (QED) is 0.607. The number of anilines is 1. The number of hydrogen-bond acceptors (Lipinski definition) is 4. The van der Waals surface area contributed by atoms with Gasteiger partial charge in [0.15, 0.2) is 0 Å². The first-order chi connectivity index (χ1) is 8.04. The van der Waals surface area contributed by atoms with Gasteiger partial charge in [0, 0.05) is 5.69 Å². The van der Waals surface area contributed by atoms with E-state index in [9.17, 15) is 4.79 Å². The van der Waals surface area contributed by atoms with Gasteiger partial charge in [-0.15, -0.1) is 6.42 Å². The number of aliphatic hydroxyl groups is 1. The molecule has 0 unspecified atom stereocenters. The van der Waals surface area contributed by atoms with Gasteiger partial charge in [-0.2, -0.15) is 0 Å². The van der Waals surface area contributed by atoms with E-state index in [1.165, 1.54) is 7.11 Å². The van der Waals surface area contributed by atoms with E-state index in [2.05, 4.69) is 16.0 Å². The van der Waals surface area contributed by atoms with Crippen molar-refractivity contribution >= 4 is 11.7 Å². The van der Waals surface area contributed by atoms with Gasteiger partial charge in [0.05, 0.1) is 19.3 Å². The van der Waals surface area contributed by atoms with Crippen LogP contribution < -0.4 is 5.32 Å². The third-order valence-electron chi connectivity index (χ3n) is 2.36. The first-order valence-electron chi connectivity index (χ1n) is 5.10. The lowest BCUT2D eigenvalue weighted by Crippen LogP contribution is -2.36. The fourth-order valence-electron chi connectivity index (χ4n) is 1.25. The summed E-state index contributed by atoms with van der Waals surface area (Å²) in [7, 11) is 1.33. The van der Waals surface area contributed by atoms with Gasteiger partial charge < -0.3 is 15.2 Å². The van der Waals surface area contributed by atoms with Crippen molar-refractivity contribution in [1.29, 1.82) is 0 Å². The summed E-state index contributed by atoms with van der Waals surface area (Å²) in [6, 6.07) is 6.67. The van der Waals surface area contributed by atoms with Gasteiger partial charge in [-0.3, -0.25) is 0 Å². The minimum Gasteiger partial charge on any atom is -0.465 e. The summed E-state index contributed by atoms with van der Waals surface area (Å²) in [6.45, 7) is 1.53. The van der Waals surface area contributed by atoms with Crippen LogP contribution in [-0.4, -0.2) is 30.3 Å². The first-order valence-corrected chi connectivity index (χ1v) is 5.10. The summed E-state index contributed by atoms with van der Waals surface area (Å²) in [5, 5.41) is 12.1. The van der Waals surface area contributed by atoms with E-state index in [-0.39, 0.29) is 6.61 Å². The average molecular weight is 233 g/mol. The highest BCUT2D eigenvalue weighted by Crippen LogP contribution is 2.15. The molecule has 0 radical (unpaired) electrons. The molecular weight excluding hydrogens is 218 g/mol. The van der Waals surface area contributed by atoms with Gasteiger partial charge in [-0.05, 0) is 31.2 Å². The Labute approximate surface area is 101 Å². The number of aliphatic hydroxyl groups excluding tert-OH is 1. The van der Waals surface area contributed by atoms with Crippen LogP contribution >= 0.6 is 0 Å². The monoisotopic (exact) mass is 233 g/mol. The van der Waals surface area contributed by atoms with E-state index in [1.807, 2.05) is 0 Å². The molecule has 90 valence electrons. The van der Waals surface area contributed by atoms with Gasteiger partial charge in [-0.1, -0.05) is 5.92 Å². The molecule has 0 aliphatic heterocycles. The lowest BCUT2D eigenvalue weighted by Gasteiger charge is -2.23. The number of methoxy groups -OCH3 is 1. The number of benzene rings is 1. The Morgan fingerprint density at radius 1 is 1.53 bits per heavy atom. The minimum absolute atomic E-state index is 0.178. The molecule has 4 heteroatoms. The maximum absolute atomic E-state index is 11.2. The van der Waals surface area contributed by atoms with Gasteiger partial charge in [0.2, 0.25) is 0 Å². The third-order valence-corrected chi connectivity index (χ3v) is 2.36. The SMILES string of the molecule is C#C[C@@](C)(CO)Nc1ccc(C(=O)OC)cc1. The molecule has 0 bridgehead atoms. The minimum atomic E-state index is -0.813. The van der Waals surface area contributed by atoms with Crippen LogP contribution in [0.4, 0.5) is 5.69 Å². The second kappa shape index (κ2) is 5.37. The Morgan fingerprint density at radius 3 is 2.53 bits per heavy atom. The highest BCUT2D eigenvalue weighted by Gasteiger charge is 2.19. The van der Waals surface area contributed by atoms with Gasteiger partial charge in [0.1, 0.15) is 5.54 Å². The molecule has 0 aliphatic rings. The van der Waals surface area contributed by atoms with E-state index in [0.29, 0.717) is 5.56 Å². The highest BCUT2D eigenvalue weighted by molar-refractivity contribution is 5.89. The molecule has 1 atom stereocenters.